The minimum absolute atomic E-state index is 0.902. The number of hydrogen-bond acceptors (Lipinski definition) is 2. The molecule has 0 bridgehead atoms. The molecule has 0 aliphatic rings. The first-order valence-electron chi connectivity index (χ1n) is 4.73. The van der Waals surface area contributed by atoms with E-state index in [1.54, 1.807) is 0 Å². The Labute approximate surface area is 90.6 Å². The highest BCUT2D eigenvalue weighted by molar-refractivity contribution is 7.99. The van der Waals surface area contributed by atoms with Gasteiger partial charge < -0.3 is 5.32 Å². The minimum Gasteiger partial charge on any atom is -0.316 e. The molecule has 14 heavy (non-hydrogen) atoms. The van der Waals surface area contributed by atoms with Crippen LogP contribution in [0, 0.1) is 6.92 Å². The van der Waals surface area contributed by atoms with Crippen molar-refractivity contribution in [3.05, 3.63) is 42.0 Å². The molecule has 1 N–H and O–H groups in total. The van der Waals surface area contributed by atoms with Gasteiger partial charge >= 0.3 is 0 Å². The highest BCUT2D eigenvalue weighted by Crippen LogP contribution is 2.23. The lowest BCUT2D eigenvalue weighted by molar-refractivity contribution is 0.885. The third kappa shape index (κ3) is 3.56. The van der Waals surface area contributed by atoms with E-state index in [1.165, 1.54) is 16.0 Å². The van der Waals surface area contributed by atoms with Gasteiger partial charge in [-0.2, -0.15) is 0 Å². The van der Waals surface area contributed by atoms with Crippen molar-refractivity contribution in [1.29, 1.82) is 0 Å². The molecule has 1 rings (SSSR count). The van der Waals surface area contributed by atoms with Gasteiger partial charge in [0.05, 0.1) is 0 Å². The van der Waals surface area contributed by atoms with Crippen LogP contribution in [0.2, 0.25) is 0 Å². The van der Waals surface area contributed by atoms with Gasteiger partial charge in [0.15, 0.2) is 0 Å². The zero-order valence-corrected chi connectivity index (χ0v) is 9.66. The Morgan fingerprint density at radius 2 is 2.14 bits per heavy atom. The molecule has 0 heterocycles. The van der Waals surface area contributed by atoms with Crippen molar-refractivity contribution in [2.24, 2.45) is 0 Å². The molecule has 0 saturated carbocycles. The predicted molar refractivity (Wildman–Crippen MR) is 65.0 cm³/mol. The Bertz CT molecular complexity index is 307. The maximum Gasteiger partial charge on any atom is 0.0200 e. The van der Waals surface area contributed by atoms with Gasteiger partial charge in [-0.1, -0.05) is 30.4 Å². The number of aryl methyl sites for hydroxylation is 1. The van der Waals surface area contributed by atoms with Gasteiger partial charge in [-0.05, 0) is 25.6 Å². The van der Waals surface area contributed by atoms with Crippen LogP contribution in [0.4, 0.5) is 0 Å². The van der Waals surface area contributed by atoms with E-state index in [2.05, 4.69) is 43.1 Å². The average Bonchev–Trinajstić information content (AvgIpc) is 2.17. The Morgan fingerprint density at radius 1 is 1.43 bits per heavy atom. The summed E-state index contributed by atoms with van der Waals surface area (Å²) in [7, 11) is 1.95. The molecule has 0 aliphatic heterocycles. The first-order chi connectivity index (χ1) is 6.74. The standard InChI is InChI=1S/C12H17NS/c1-10(8-13-3)9-14-12-7-5-4-6-11(12)2/h4-7,13H,1,8-9H2,2-3H3. The van der Waals surface area contributed by atoms with Gasteiger partial charge in [-0.3, -0.25) is 0 Å². The highest BCUT2D eigenvalue weighted by Gasteiger charge is 1.98. The Morgan fingerprint density at radius 3 is 2.79 bits per heavy atom. The van der Waals surface area contributed by atoms with Crippen molar-refractivity contribution >= 4 is 11.8 Å². The van der Waals surface area contributed by atoms with E-state index >= 15 is 0 Å². The van der Waals surface area contributed by atoms with Crippen LogP contribution in [-0.2, 0) is 0 Å². The average molecular weight is 207 g/mol. The molecule has 76 valence electrons. The molecular weight excluding hydrogens is 190 g/mol. The van der Waals surface area contributed by atoms with Crippen LogP contribution in [0.25, 0.3) is 0 Å². The van der Waals surface area contributed by atoms with Crippen LogP contribution in [0.1, 0.15) is 5.56 Å². The summed E-state index contributed by atoms with van der Waals surface area (Å²) in [6, 6.07) is 8.45. The summed E-state index contributed by atoms with van der Waals surface area (Å²) in [6.07, 6.45) is 0. The van der Waals surface area contributed by atoms with Crippen LogP contribution in [0.5, 0.6) is 0 Å². The smallest absolute Gasteiger partial charge is 0.0200 e. The van der Waals surface area contributed by atoms with Gasteiger partial charge in [-0.15, -0.1) is 11.8 Å². The number of hydrogen-bond donors (Lipinski definition) is 1. The van der Waals surface area contributed by atoms with Crippen LogP contribution < -0.4 is 5.32 Å². The SMILES string of the molecule is C=C(CNC)CSc1ccccc1C. The Balaban J connectivity index is 2.46. The molecule has 0 radical (unpaired) electrons. The van der Waals surface area contributed by atoms with Crippen molar-refractivity contribution in [3.8, 4) is 0 Å². The Hall–Kier alpha value is -0.730. The maximum atomic E-state index is 4.01. The molecule has 0 atom stereocenters. The highest BCUT2D eigenvalue weighted by atomic mass is 32.2. The fourth-order valence-corrected chi connectivity index (χ4v) is 2.13. The van der Waals surface area contributed by atoms with Crippen molar-refractivity contribution < 1.29 is 0 Å². The lowest BCUT2D eigenvalue weighted by Crippen LogP contribution is -2.10. The summed E-state index contributed by atoms with van der Waals surface area (Å²) in [5.74, 6) is 0.992. The predicted octanol–water partition coefficient (Wildman–Crippen LogP) is 2.86. The van der Waals surface area contributed by atoms with Crippen LogP contribution in [-0.4, -0.2) is 19.3 Å². The van der Waals surface area contributed by atoms with Crippen LogP contribution >= 0.6 is 11.8 Å². The molecule has 2 heteroatoms. The number of likely N-dealkylation sites (N-methyl/N-ethyl adjacent to an activating group) is 1. The third-order valence-corrected chi connectivity index (χ3v) is 3.27. The molecular formula is C12H17NS. The molecule has 0 saturated heterocycles. The zero-order valence-electron chi connectivity index (χ0n) is 8.84. The second-order valence-corrected chi connectivity index (χ2v) is 4.35. The molecule has 0 aliphatic carbocycles. The summed E-state index contributed by atoms with van der Waals surface area (Å²) in [6.45, 7) is 7.05. The first kappa shape index (κ1) is 11.3. The summed E-state index contributed by atoms with van der Waals surface area (Å²) < 4.78 is 0. The van der Waals surface area contributed by atoms with Gasteiger partial charge in [0.1, 0.15) is 0 Å². The molecule has 1 aromatic rings. The van der Waals surface area contributed by atoms with Crippen molar-refractivity contribution in [3.63, 3.8) is 0 Å². The van der Waals surface area contributed by atoms with Gasteiger partial charge in [0, 0.05) is 17.2 Å². The van der Waals surface area contributed by atoms with E-state index in [4.69, 9.17) is 0 Å². The number of thioether (sulfide) groups is 1. The van der Waals surface area contributed by atoms with E-state index < -0.39 is 0 Å². The monoisotopic (exact) mass is 207 g/mol. The lowest BCUT2D eigenvalue weighted by Gasteiger charge is -2.06. The second-order valence-electron chi connectivity index (χ2n) is 3.33. The molecule has 0 amide bonds. The Kier molecular flexibility index (Phi) is 4.77. The van der Waals surface area contributed by atoms with Crippen LogP contribution in [0.15, 0.2) is 41.3 Å². The number of nitrogens with one attached hydrogen (secondary N) is 1. The van der Waals surface area contributed by atoms with Crippen molar-refractivity contribution in [2.75, 3.05) is 19.3 Å². The second kappa shape index (κ2) is 5.89. The normalized spacial score (nSPS) is 10.1. The van der Waals surface area contributed by atoms with E-state index in [0.717, 1.165) is 12.3 Å². The van der Waals surface area contributed by atoms with Gasteiger partial charge in [0.2, 0.25) is 0 Å². The summed E-state index contributed by atoms with van der Waals surface area (Å²) >= 11 is 1.86. The minimum atomic E-state index is 0.902. The van der Waals surface area contributed by atoms with E-state index in [-0.39, 0.29) is 0 Å². The lowest BCUT2D eigenvalue weighted by atomic mass is 10.2. The van der Waals surface area contributed by atoms with Gasteiger partial charge in [-0.25, -0.2) is 0 Å². The molecule has 1 aromatic carbocycles. The van der Waals surface area contributed by atoms with E-state index in [9.17, 15) is 0 Å². The summed E-state index contributed by atoms with van der Waals surface area (Å²) in [4.78, 5) is 1.35. The fraction of sp³-hybridized carbons (Fsp3) is 0.333. The maximum absolute atomic E-state index is 4.01. The van der Waals surface area contributed by atoms with Crippen molar-refractivity contribution in [1.82, 2.24) is 5.32 Å². The molecule has 0 spiro atoms. The molecule has 0 aromatic heterocycles. The van der Waals surface area contributed by atoms with Gasteiger partial charge in [0.25, 0.3) is 0 Å². The molecule has 0 unspecified atom stereocenters. The largest absolute Gasteiger partial charge is 0.316 e. The van der Waals surface area contributed by atoms with Crippen LogP contribution in [0.3, 0.4) is 0 Å². The first-order valence-corrected chi connectivity index (χ1v) is 5.72. The molecule has 0 fully saturated rings. The number of rotatable bonds is 5. The van der Waals surface area contributed by atoms with E-state index in [0.29, 0.717) is 0 Å². The fourth-order valence-electron chi connectivity index (χ4n) is 1.20. The summed E-state index contributed by atoms with van der Waals surface area (Å²) in [5, 5.41) is 3.11. The van der Waals surface area contributed by atoms with Crippen molar-refractivity contribution in [2.45, 2.75) is 11.8 Å². The molecule has 1 nitrogen and oxygen atoms in total. The third-order valence-electron chi connectivity index (χ3n) is 1.95. The van der Waals surface area contributed by atoms with E-state index in [1.807, 2.05) is 18.8 Å². The topological polar surface area (TPSA) is 12.0 Å². The zero-order chi connectivity index (χ0) is 10.4. The summed E-state index contributed by atoms with van der Waals surface area (Å²) in [5.41, 5.74) is 2.58. The quantitative estimate of drug-likeness (QED) is 0.588. The number of benzene rings is 1.